The van der Waals surface area contributed by atoms with Crippen LogP contribution in [0.15, 0.2) is 28.4 Å². The molecule has 1 saturated heterocycles. The summed E-state index contributed by atoms with van der Waals surface area (Å²) in [7, 11) is 1.77. The van der Waals surface area contributed by atoms with Crippen molar-refractivity contribution in [2.75, 3.05) is 39.8 Å². The number of guanidine groups is 1. The van der Waals surface area contributed by atoms with Gasteiger partial charge in [-0.1, -0.05) is 24.8 Å². The average molecular weight is 609 g/mol. The summed E-state index contributed by atoms with van der Waals surface area (Å²) in [6.07, 6.45) is 8.55. The zero-order chi connectivity index (χ0) is 30.9. The van der Waals surface area contributed by atoms with E-state index < -0.39 is 34.6 Å². The molecule has 240 valence electrons. The van der Waals surface area contributed by atoms with Crippen molar-refractivity contribution in [3.63, 3.8) is 0 Å². The first kappa shape index (κ1) is 30.2. The Kier molecular flexibility index (Phi) is 7.65. The molecule has 0 amide bonds. The van der Waals surface area contributed by atoms with Crippen LogP contribution in [-0.2, 0) is 9.53 Å². The van der Waals surface area contributed by atoms with Gasteiger partial charge in [-0.15, -0.1) is 0 Å². The number of carboxylic acid groups (broad SMARTS) is 1. The maximum Gasteiger partial charge on any atom is 0.334 e. The lowest BCUT2D eigenvalue weighted by Gasteiger charge is -2.62. The number of hydrogen-bond acceptors (Lipinski definition) is 7. The quantitative estimate of drug-likeness (QED) is 0.195. The number of aliphatic hydroxyl groups is 3. The van der Waals surface area contributed by atoms with E-state index in [0.29, 0.717) is 57.8 Å². The third-order valence-electron chi connectivity index (χ3n) is 12.8. The number of carboxylic acids is 1. The molecule has 10 nitrogen and oxygen atoms in total. The number of aliphatic carboxylic acids is 1. The van der Waals surface area contributed by atoms with Crippen molar-refractivity contribution >= 4 is 11.9 Å². The molecule has 44 heavy (non-hydrogen) atoms. The Morgan fingerprint density at radius 2 is 2.09 bits per heavy atom. The average Bonchev–Trinajstić information content (AvgIpc) is 3.38. The molecule has 11 atom stereocenters. The Morgan fingerprint density at radius 1 is 1.27 bits per heavy atom. The molecule has 3 aliphatic heterocycles. The summed E-state index contributed by atoms with van der Waals surface area (Å²) in [6.45, 7) is 4.52. The number of carbonyl (C=O) groups is 1. The Bertz CT molecular complexity index is 1340. The van der Waals surface area contributed by atoms with Crippen LogP contribution in [-0.4, -0.2) is 101 Å². The van der Waals surface area contributed by atoms with Crippen molar-refractivity contribution < 1.29 is 30.0 Å². The van der Waals surface area contributed by atoms with Gasteiger partial charge in [-0.05, 0) is 80.6 Å². The lowest BCUT2D eigenvalue weighted by Crippen LogP contribution is -2.65. The van der Waals surface area contributed by atoms with Gasteiger partial charge in [0, 0.05) is 49.6 Å². The van der Waals surface area contributed by atoms with Crippen molar-refractivity contribution in [1.29, 1.82) is 0 Å². The van der Waals surface area contributed by atoms with Crippen LogP contribution in [0.25, 0.3) is 0 Å². The topological polar surface area (TPSA) is 147 Å². The monoisotopic (exact) mass is 608 g/mol. The Morgan fingerprint density at radius 3 is 2.86 bits per heavy atom. The first-order valence-electron chi connectivity index (χ1n) is 16.7. The van der Waals surface area contributed by atoms with Crippen LogP contribution in [0.3, 0.4) is 0 Å². The number of fused-ring (bicyclic) bond motifs is 2. The van der Waals surface area contributed by atoms with Gasteiger partial charge in [-0.2, -0.15) is 0 Å². The van der Waals surface area contributed by atoms with E-state index in [4.69, 9.17) is 4.74 Å². The lowest BCUT2D eigenvalue weighted by atomic mass is 9.44. The van der Waals surface area contributed by atoms with Crippen molar-refractivity contribution in [3.05, 3.63) is 23.4 Å². The van der Waals surface area contributed by atoms with E-state index in [1.54, 1.807) is 7.05 Å². The van der Waals surface area contributed by atoms with E-state index in [1.165, 1.54) is 0 Å². The van der Waals surface area contributed by atoms with Crippen molar-refractivity contribution in [2.45, 2.75) is 82.2 Å². The molecule has 4 fully saturated rings. The SMILES string of the molecule is CN=C1NCC#CC2CC(C)C34CC(O)(C5CCC6CCC(O)CC6O5)C(C(=O)O)=C3CC2C42CN1C=CC2CNCCO. The van der Waals surface area contributed by atoms with Gasteiger partial charge < -0.3 is 40.7 Å². The predicted octanol–water partition coefficient (Wildman–Crippen LogP) is 1.48. The molecule has 3 saturated carbocycles. The molecular formula is C34H48N4O6. The van der Waals surface area contributed by atoms with Gasteiger partial charge >= 0.3 is 5.97 Å². The second-order valence-corrected chi connectivity index (χ2v) is 14.5. The highest BCUT2D eigenvalue weighted by molar-refractivity contribution is 5.92. The van der Waals surface area contributed by atoms with Crippen molar-refractivity contribution in [2.24, 2.45) is 45.4 Å². The molecule has 7 aliphatic rings. The summed E-state index contributed by atoms with van der Waals surface area (Å²) in [4.78, 5) is 20.1. The van der Waals surface area contributed by atoms with Crippen LogP contribution < -0.4 is 10.6 Å². The fraction of sp³-hybridized carbons (Fsp3) is 0.765. The maximum absolute atomic E-state index is 13.4. The zero-order valence-corrected chi connectivity index (χ0v) is 26.0. The van der Waals surface area contributed by atoms with E-state index in [9.17, 15) is 25.2 Å². The summed E-state index contributed by atoms with van der Waals surface area (Å²) < 4.78 is 6.67. The fourth-order valence-corrected chi connectivity index (χ4v) is 11.2. The molecule has 11 unspecified atom stereocenters. The fourth-order valence-electron chi connectivity index (χ4n) is 11.2. The summed E-state index contributed by atoms with van der Waals surface area (Å²) in [5.74, 6) is 7.31. The Hall–Kier alpha value is -2.42. The molecule has 10 heteroatoms. The van der Waals surface area contributed by atoms with Gasteiger partial charge in [0.15, 0.2) is 5.96 Å². The minimum absolute atomic E-state index is 0.0277. The van der Waals surface area contributed by atoms with Crippen LogP contribution in [0.4, 0.5) is 0 Å². The lowest BCUT2D eigenvalue weighted by molar-refractivity contribution is -0.197. The number of rotatable bonds is 6. The minimum atomic E-state index is -1.63. The number of nitrogens with one attached hydrogen (secondary N) is 2. The van der Waals surface area contributed by atoms with Gasteiger partial charge in [-0.25, -0.2) is 4.79 Å². The van der Waals surface area contributed by atoms with Gasteiger partial charge in [-0.3, -0.25) is 4.99 Å². The van der Waals surface area contributed by atoms with Crippen LogP contribution in [0, 0.1) is 52.3 Å². The van der Waals surface area contributed by atoms with Gasteiger partial charge in [0.25, 0.3) is 0 Å². The van der Waals surface area contributed by atoms with Gasteiger partial charge in [0.2, 0.25) is 0 Å². The van der Waals surface area contributed by atoms with Crippen LogP contribution >= 0.6 is 0 Å². The minimum Gasteiger partial charge on any atom is -0.478 e. The Labute approximate surface area is 260 Å². The standard InChI is InChI=1S/C34H48N4O6/c1-20-14-22-4-3-10-37-31(35-2)38-12-9-23(17-36-11-13-39)33(19-38)25(22)16-26-29(30(41)42)34(43,18-32(20,26)33)28-8-6-21-5-7-24(40)15-27(21)44-28/h9,12,20-25,27-28,36,39-40,43H,5-8,10-11,13-19H2,1-2H3,(H,35,37)(H,41,42). The molecule has 3 heterocycles. The molecule has 0 aromatic carbocycles. The highest BCUT2D eigenvalue weighted by atomic mass is 16.5. The Balaban J connectivity index is 1.39. The molecule has 0 aromatic rings. The highest BCUT2D eigenvalue weighted by Crippen LogP contribution is 2.78. The molecule has 7 rings (SSSR count). The van der Waals surface area contributed by atoms with Crippen LogP contribution in [0.5, 0.6) is 0 Å². The summed E-state index contributed by atoms with van der Waals surface area (Å²) in [6, 6.07) is 0. The number of aliphatic hydroxyl groups excluding tert-OH is 2. The van der Waals surface area contributed by atoms with E-state index in [2.05, 4.69) is 51.6 Å². The number of ether oxygens (including phenoxy) is 1. The summed E-state index contributed by atoms with van der Waals surface area (Å²) in [5.41, 5.74) is -1.61. The first-order chi connectivity index (χ1) is 21.2. The number of aliphatic imine (C=N–C) groups is 1. The first-order valence-corrected chi connectivity index (χ1v) is 16.7. The highest BCUT2D eigenvalue weighted by Gasteiger charge is 2.77. The smallest absolute Gasteiger partial charge is 0.334 e. The normalized spacial score (nSPS) is 46.6. The molecular weight excluding hydrogens is 560 g/mol. The summed E-state index contributed by atoms with van der Waals surface area (Å²) in [5, 5.41) is 50.7. The molecule has 0 radical (unpaired) electrons. The second kappa shape index (κ2) is 11.1. The third-order valence-corrected chi connectivity index (χ3v) is 12.8. The third kappa shape index (κ3) is 4.19. The maximum atomic E-state index is 13.4. The number of hydrogen-bond donors (Lipinski definition) is 6. The number of allylic oxidation sites excluding steroid dienone is 1. The molecule has 2 spiro atoms. The van der Waals surface area contributed by atoms with Crippen molar-refractivity contribution in [1.82, 2.24) is 15.5 Å². The second-order valence-electron chi connectivity index (χ2n) is 14.5. The molecule has 4 aliphatic carbocycles. The van der Waals surface area contributed by atoms with Crippen LogP contribution in [0.2, 0.25) is 0 Å². The van der Waals surface area contributed by atoms with E-state index >= 15 is 0 Å². The van der Waals surface area contributed by atoms with Crippen molar-refractivity contribution in [3.8, 4) is 11.8 Å². The predicted molar refractivity (Wildman–Crippen MR) is 164 cm³/mol. The molecule has 5 bridgehead atoms. The summed E-state index contributed by atoms with van der Waals surface area (Å²) >= 11 is 0. The number of nitrogens with zero attached hydrogens (tertiary/aromatic N) is 2. The van der Waals surface area contributed by atoms with Crippen LogP contribution in [0.1, 0.15) is 58.3 Å². The molecule has 6 N–H and O–H groups in total. The zero-order valence-electron chi connectivity index (χ0n) is 26.0. The largest absolute Gasteiger partial charge is 0.478 e. The van der Waals surface area contributed by atoms with Gasteiger partial charge in [0.1, 0.15) is 5.60 Å². The molecule has 0 aromatic heterocycles. The van der Waals surface area contributed by atoms with E-state index in [1.807, 2.05) is 0 Å². The van der Waals surface area contributed by atoms with E-state index in [-0.39, 0.29) is 42.0 Å². The van der Waals surface area contributed by atoms with E-state index in [0.717, 1.165) is 37.2 Å². The van der Waals surface area contributed by atoms with Gasteiger partial charge in [0.05, 0.1) is 37.0 Å².